The van der Waals surface area contributed by atoms with Gasteiger partial charge in [-0.25, -0.2) is 0 Å². The highest BCUT2D eigenvalue weighted by Gasteiger charge is 2.41. The van der Waals surface area contributed by atoms with Crippen LogP contribution in [0.2, 0.25) is 5.02 Å². The van der Waals surface area contributed by atoms with Gasteiger partial charge >= 0.3 is 0 Å². The molecule has 2 atom stereocenters. The zero-order valence-corrected chi connectivity index (χ0v) is 14.4. The lowest BCUT2D eigenvalue weighted by atomic mass is 10.0. The average molecular weight is 339 g/mol. The Morgan fingerprint density at radius 2 is 2.22 bits per heavy atom. The molecule has 2 aliphatic heterocycles. The first kappa shape index (κ1) is 16.4. The molecule has 5 nitrogen and oxygen atoms in total. The van der Waals surface area contributed by atoms with Gasteiger partial charge in [0.15, 0.2) is 11.5 Å². The number of benzene rings is 1. The van der Waals surface area contributed by atoms with Crippen molar-refractivity contribution < 1.29 is 14.3 Å². The molecule has 0 aliphatic carbocycles. The SMILES string of the molecule is CCCOc1c(Cl)cc(C2NC(=O)C3CCCCN32)cc1OC. The summed E-state index contributed by atoms with van der Waals surface area (Å²) >= 11 is 6.40. The van der Waals surface area contributed by atoms with E-state index in [0.29, 0.717) is 23.1 Å². The molecule has 23 heavy (non-hydrogen) atoms. The van der Waals surface area contributed by atoms with Crippen LogP contribution in [0.1, 0.15) is 44.3 Å². The van der Waals surface area contributed by atoms with Crippen LogP contribution in [0.25, 0.3) is 0 Å². The number of hydrogen-bond donors (Lipinski definition) is 1. The van der Waals surface area contributed by atoms with E-state index in [2.05, 4.69) is 10.2 Å². The summed E-state index contributed by atoms with van der Waals surface area (Å²) in [7, 11) is 1.60. The molecule has 2 aliphatic rings. The number of nitrogens with zero attached hydrogens (tertiary/aromatic N) is 1. The number of carbonyl (C=O) groups is 1. The van der Waals surface area contributed by atoms with Crippen LogP contribution in [0.4, 0.5) is 0 Å². The number of hydrogen-bond acceptors (Lipinski definition) is 4. The maximum Gasteiger partial charge on any atom is 0.238 e. The van der Waals surface area contributed by atoms with Gasteiger partial charge in [-0.05, 0) is 37.0 Å². The lowest BCUT2D eigenvalue weighted by molar-refractivity contribution is -0.122. The molecule has 3 rings (SSSR count). The van der Waals surface area contributed by atoms with Gasteiger partial charge < -0.3 is 14.8 Å². The van der Waals surface area contributed by atoms with E-state index in [4.69, 9.17) is 21.1 Å². The van der Waals surface area contributed by atoms with E-state index in [1.54, 1.807) is 7.11 Å². The van der Waals surface area contributed by atoms with Crippen molar-refractivity contribution in [1.29, 1.82) is 0 Å². The standard InChI is InChI=1S/C17H23ClN2O3/c1-3-8-23-15-12(18)9-11(10-14(15)22-2)16-19-17(21)13-6-4-5-7-20(13)16/h9-10,13,16H,3-8H2,1-2H3,(H,19,21). The van der Waals surface area contributed by atoms with Crippen LogP contribution in [-0.2, 0) is 4.79 Å². The van der Waals surface area contributed by atoms with Crippen LogP contribution in [0, 0.1) is 0 Å². The second-order valence-corrected chi connectivity index (χ2v) is 6.45. The van der Waals surface area contributed by atoms with E-state index in [1.807, 2.05) is 19.1 Å². The monoisotopic (exact) mass is 338 g/mol. The minimum absolute atomic E-state index is 0.0189. The highest BCUT2D eigenvalue weighted by Crippen LogP contribution is 2.40. The summed E-state index contributed by atoms with van der Waals surface area (Å²) in [5.74, 6) is 1.28. The summed E-state index contributed by atoms with van der Waals surface area (Å²) in [6.45, 7) is 3.55. The highest BCUT2D eigenvalue weighted by molar-refractivity contribution is 6.32. The van der Waals surface area contributed by atoms with Gasteiger partial charge in [0.2, 0.25) is 5.91 Å². The zero-order valence-electron chi connectivity index (χ0n) is 13.6. The lowest BCUT2D eigenvalue weighted by Gasteiger charge is -2.31. The quantitative estimate of drug-likeness (QED) is 0.896. The summed E-state index contributed by atoms with van der Waals surface area (Å²) in [5.41, 5.74) is 0.938. The zero-order chi connectivity index (χ0) is 16.4. The number of rotatable bonds is 5. The predicted octanol–water partition coefficient (Wildman–Crippen LogP) is 3.12. The molecular formula is C17H23ClN2O3. The van der Waals surface area contributed by atoms with Crippen molar-refractivity contribution in [1.82, 2.24) is 10.2 Å². The van der Waals surface area contributed by atoms with Gasteiger partial charge in [-0.2, -0.15) is 0 Å². The van der Waals surface area contributed by atoms with E-state index in [1.165, 1.54) is 0 Å². The first-order chi connectivity index (χ1) is 11.2. The average Bonchev–Trinajstić information content (AvgIpc) is 2.90. The third-order valence-electron chi connectivity index (χ3n) is 4.48. The molecule has 6 heteroatoms. The highest BCUT2D eigenvalue weighted by atomic mass is 35.5. The maximum atomic E-state index is 12.2. The van der Waals surface area contributed by atoms with E-state index in [0.717, 1.165) is 37.8 Å². The Labute approximate surface area is 141 Å². The summed E-state index contributed by atoms with van der Waals surface area (Å²) in [6.07, 6.45) is 3.90. The second-order valence-electron chi connectivity index (χ2n) is 6.04. The molecular weight excluding hydrogens is 316 g/mol. The molecule has 1 amide bonds. The normalized spacial score (nSPS) is 24.2. The summed E-state index contributed by atoms with van der Waals surface area (Å²) in [6, 6.07) is 3.77. The minimum Gasteiger partial charge on any atom is -0.493 e. The Balaban J connectivity index is 1.91. The van der Waals surface area contributed by atoms with Crippen molar-refractivity contribution in [2.75, 3.05) is 20.3 Å². The number of nitrogens with one attached hydrogen (secondary N) is 1. The van der Waals surface area contributed by atoms with Crippen molar-refractivity contribution in [3.05, 3.63) is 22.7 Å². The van der Waals surface area contributed by atoms with Crippen LogP contribution in [0.5, 0.6) is 11.5 Å². The molecule has 2 fully saturated rings. The molecule has 0 radical (unpaired) electrons. The Morgan fingerprint density at radius 1 is 1.39 bits per heavy atom. The Hall–Kier alpha value is -1.46. The first-order valence-electron chi connectivity index (χ1n) is 8.22. The topological polar surface area (TPSA) is 50.8 Å². The molecule has 1 aromatic carbocycles. The molecule has 1 aromatic rings. The maximum absolute atomic E-state index is 12.2. The number of fused-ring (bicyclic) bond motifs is 1. The Kier molecular flexibility index (Phi) is 4.97. The van der Waals surface area contributed by atoms with E-state index >= 15 is 0 Å². The van der Waals surface area contributed by atoms with Crippen molar-refractivity contribution >= 4 is 17.5 Å². The second kappa shape index (κ2) is 6.97. The molecule has 0 spiro atoms. The van der Waals surface area contributed by atoms with Crippen molar-refractivity contribution in [2.24, 2.45) is 0 Å². The third-order valence-corrected chi connectivity index (χ3v) is 4.76. The van der Waals surface area contributed by atoms with Gasteiger partial charge in [-0.1, -0.05) is 24.9 Å². The molecule has 126 valence electrons. The van der Waals surface area contributed by atoms with Gasteiger partial charge in [0.05, 0.1) is 24.8 Å². The Bertz CT molecular complexity index is 593. The van der Waals surface area contributed by atoms with Gasteiger partial charge in [0, 0.05) is 6.54 Å². The van der Waals surface area contributed by atoms with E-state index in [9.17, 15) is 4.79 Å². The van der Waals surface area contributed by atoms with Gasteiger partial charge in [-0.3, -0.25) is 9.69 Å². The lowest BCUT2D eigenvalue weighted by Crippen LogP contribution is -2.38. The van der Waals surface area contributed by atoms with Crippen LogP contribution in [-0.4, -0.2) is 37.1 Å². The van der Waals surface area contributed by atoms with Gasteiger partial charge in [0.25, 0.3) is 0 Å². The predicted molar refractivity (Wildman–Crippen MR) is 89.0 cm³/mol. The van der Waals surface area contributed by atoms with Crippen LogP contribution in [0.3, 0.4) is 0 Å². The molecule has 2 heterocycles. The molecule has 0 bridgehead atoms. The largest absolute Gasteiger partial charge is 0.493 e. The number of methoxy groups -OCH3 is 1. The Morgan fingerprint density at radius 3 is 2.96 bits per heavy atom. The van der Waals surface area contributed by atoms with Gasteiger partial charge in [-0.15, -0.1) is 0 Å². The molecule has 0 aromatic heterocycles. The first-order valence-corrected chi connectivity index (χ1v) is 8.59. The fraction of sp³-hybridized carbons (Fsp3) is 0.588. The number of ether oxygens (including phenoxy) is 2. The van der Waals surface area contributed by atoms with E-state index in [-0.39, 0.29) is 18.1 Å². The third kappa shape index (κ3) is 3.12. The molecule has 0 saturated carbocycles. The van der Waals surface area contributed by atoms with E-state index < -0.39 is 0 Å². The van der Waals surface area contributed by atoms with Crippen molar-refractivity contribution in [3.8, 4) is 11.5 Å². The van der Waals surface area contributed by atoms with Crippen LogP contribution in [0.15, 0.2) is 12.1 Å². The summed E-state index contributed by atoms with van der Waals surface area (Å²) in [4.78, 5) is 14.4. The number of amides is 1. The fourth-order valence-corrected chi connectivity index (χ4v) is 3.65. The fourth-order valence-electron chi connectivity index (χ4n) is 3.37. The molecule has 2 unspecified atom stereocenters. The minimum atomic E-state index is -0.139. The van der Waals surface area contributed by atoms with Crippen molar-refractivity contribution in [3.63, 3.8) is 0 Å². The van der Waals surface area contributed by atoms with Crippen LogP contribution < -0.4 is 14.8 Å². The number of carbonyl (C=O) groups excluding carboxylic acids is 1. The summed E-state index contributed by atoms with van der Waals surface area (Å²) < 4.78 is 11.1. The van der Waals surface area contributed by atoms with Gasteiger partial charge in [0.1, 0.15) is 6.17 Å². The molecule has 1 N–H and O–H groups in total. The van der Waals surface area contributed by atoms with Crippen molar-refractivity contribution in [2.45, 2.75) is 44.8 Å². The molecule has 2 saturated heterocycles. The number of piperidine rings is 1. The summed E-state index contributed by atoms with van der Waals surface area (Å²) in [5, 5.41) is 3.60. The number of halogens is 1. The smallest absolute Gasteiger partial charge is 0.238 e. The van der Waals surface area contributed by atoms with Crippen LogP contribution >= 0.6 is 11.6 Å².